The highest BCUT2D eigenvalue weighted by molar-refractivity contribution is 7.19. The fourth-order valence-corrected chi connectivity index (χ4v) is 4.37. The first kappa shape index (κ1) is 17.9. The zero-order valence-corrected chi connectivity index (χ0v) is 16.8. The Bertz CT molecular complexity index is 949. The van der Waals surface area contributed by atoms with Gasteiger partial charge in [-0.15, -0.1) is 0 Å². The molecule has 138 valence electrons. The lowest BCUT2D eigenvalue weighted by Crippen LogP contribution is -2.07. The van der Waals surface area contributed by atoms with Gasteiger partial charge in [-0.3, -0.25) is 5.43 Å². The number of nitrogens with one attached hydrogen (secondary N) is 1. The van der Waals surface area contributed by atoms with Crippen LogP contribution in [-0.4, -0.2) is 10.7 Å². The first-order chi connectivity index (χ1) is 13.2. The molecule has 0 unspecified atom stereocenters. The van der Waals surface area contributed by atoms with Crippen LogP contribution in [-0.2, 0) is 0 Å². The van der Waals surface area contributed by atoms with Crippen molar-refractivity contribution >= 4 is 22.2 Å². The van der Waals surface area contributed by atoms with E-state index in [0.717, 1.165) is 29.2 Å². The van der Waals surface area contributed by atoms with E-state index in [1.54, 1.807) is 11.3 Å². The molecular formula is C23H25N3S. The highest BCUT2D eigenvalue weighted by Crippen LogP contribution is 2.39. The number of hydrogen-bond donors (Lipinski definition) is 1. The van der Waals surface area contributed by atoms with Crippen LogP contribution in [0.3, 0.4) is 0 Å². The van der Waals surface area contributed by atoms with Crippen LogP contribution < -0.4 is 5.43 Å². The molecule has 0 aliphatic heterocycles. The third kappa shape index (κ3) is 4.11. The van der Waals surface area contributed by atoms with Gasteiger partial charge in [0.15, 0.2) is 0 Å². The molecule has 1 fully saturated rings. The normalized spacial score (nSPS) is 14.2. The number of rotatable bonds is 4. The maximum Gasteiger partial charge on any atom is 0.204 e. The molecule has 3 aromatic rings. The third-order valence-corrected chi connectivity index (χ3v) is 6.19. The molecule has 0 saturated heterocycles. The number of hydrazone groups is 1. The molecule has 1 heterocycles. The van der Waals surface area contributed by atoms with Crippen LogP contribution in [0.2, 0.25) is 0 Å². The maximum atomic E-state index is 4.91. The molecule has 2 aromatic carbocycles. The first-order valence-electron chi connectivity index (χ1n) is 9.66. The van der Waals surface area contributed by atoms with Crippen LogP contribution >= 0.6 is 11.3 Å². The summed E-state index contributed by atoms with van der Waals surface area (Å²) >= 11 is 1.68. The fraction of sp³-hybridized carbons (Fsp3) is 0.304. The van der Waals surface area contributed by atoms with Crippen LogP contribution in [0.1, 0.15) is 43.2 Å². The van der Waals surface area contributed by atoms with Gasteiger partial charge < -0.3 is 0 Å². The van der Waals surface area contributed by atoms with Crippen LogP contribution in [0.4, 0.5) is 5.13 Å². The summed E-state index contributed by atoms with van der Waals surface area (Å²) < 4.78 is 0. The Hall–Kier alpha value is -2.46. The number of aromatic nitrogens is 1. The average Bonchev–Trinajstić information content (AvgIpc) is 3.14. The second-order valence-corrected chi connectivity index (χ2v) is 8.21. The molecule has 1 N–H and O–H groups in total. The molecule has 1 aliphatic rings. The van der Waals surface area contributed by atoms with Crippen LogP contribution in [0.15, 0.2) is 53.6 Å². The largest absolute Gasteiger partial charge is 0.253 e. The van der Waals surface area contributed by atoms with E-state index in [4.69, 9.17) is 4.98 Å². The molecule has 0 radical (unpaired) electrons. The van der Waals surface area contributed by atoms with E-state index in [1.807, 2.05) is 0 Å². The predicted molar refractivity (Wildman–Crippen MR) is 117 cm³/mol. The van der Waals surface area contributed by atoms with Gasteiger partial charge in [-0.05, 0) is 62.3 Å². The van der Waals surface area contributed by atoms with Gasteiger partial charge in [-0.25, -0.2) is 4.98 Å². The summed E-state index contributed by atoms with van der Waals surface area (Å²) in [6.45, 7) is 4.30. The molecule has 0 atom stereocenters. The quantitative estimate of drug-likeness (QED) is 0.508. The predicted octanol–water partition coefficient (Wildman–Crippen LogP) is 6.83. The van der Waals surface area contributed by atoms with Crippen molar-refractivity contribution in [1.29, 1.82) is 0 Å². The minimum atomic E-state index is 0.861. The molecule has 0 amide bonds. The minimum Gasteiger partial charge on any atom is -0.253 e. The van der Waals surface area contributed by atoms with E-state index in [2.05, 4.69) is 72.9 Å². The van der Waals surface area contributed by atoms with Gasteiger partial charge in [0.05, 0.1) is 10.6 Å². The van der Waals surface area contributed by atoms with Gasteiger partial charge in [0.2, 0.25) is 5.13 Å². The first-order valence-corrected chi connectivity index (χ1v) is 10.5. The second-order valence-electron chi connectivity index (χ2n) is 7.21. The molecule has 3 nitrogen and oxygen atoms in total. The van der Waals surface area contributed by atoms with E-state index >= 15 is 0 Å². The summed E-state index contributed by atoms with van der Waals surface area (Å²) in [7, 11) is 0. The van der Waals surface area contributed by atoms with Gasteiger partial charge in [0, 0.05) is 11.3 Å². The maximum absolute atomic E-state index is 4.91. The summed E-state index contributed by atoms with van der Waals surface area (Å²) in [5.41, 5.74) is 10.5. The van der Waals surface area contributed by atoms with Crippen molar-refractivity contribution in [1.82, 2.24) is 4.98 Å². The minimum absolute atomic E-state index is 0.861. The highest BCUT2D eigenvalue weighted by Gasteiger charge is 2.16. The van der Waals surface area contributed by atoms with Crippen molar-refractivity contribution in [2.45, 2.75) is 46.0 Å². The Morgan fingerprint density at radius 2 is 1.67 bits per heavy atom. The smallest absolute Gasteiger partial charge is 0.204 e. The molecule has 1 aliphatic carbocycles. The summed E-state index contributed by atoms with van der Waals surface area (Å²) in [4.78, 5) is 6.10. The lowest BCUT2D eigenvalue weighted by atomic mass is 9.99. The van der Waals surface area contributed by atoms with Gasteiger partial charge in [-0.2, -0.15) is 5.10 Å². The molecule has 27 heavy (non-hydrogen) atoms. The van der Waals surface area contributed by atoms with Crippen molar-refractivity contribution in [3.05, 3.63) is 59.7 Å². The number of nitrogens with zero attached hydrogens (tertiary/aromatic N) is 2. The molecule has 1 saturated carbocycles. The van der Waals surface area contributed by atoms with E-state index < -0.39 is 0 Å². The average molecular weight is 376 g/mol. The lowest BCUT2D eigenvalue weighted by Gasteiger charge is -2.11. The van der Waals surface area contributed by atoms with Gasteiger partial charge in [0.1, 0.15) is 0 Å². The van der Waals surface area contributed by atoms with E-state index in [1.165, 1.54) is 46.5 Å². The molecular weight excluding hydrogens is 350 g/mol. The summed E-state index contributed by atoms with van der Waals surface area (Å²) in [5, 5.41) is 5.50. The summed E-state index contributed by atoms with van der Waals surface area (Å²) in [6.07, 6.45) is 6.04. The van der Waals surface area contributed by atoms with Crippen molar-refractivity contribution in [2.24, 2.45) is 5.10 Å². The molecule has 1 aromatic heterocycles. The fourth-order valence-electron chi connectivity index (χ4n) is 3.44. The Labute approximate surface area is 165 Å². The van der Waals surface area contributed by atoms with Crippen molar-refractivity contribution < 1.29 is 0 Å². The van der Waals surface area contributed by atoms with Crippen LogP contribution in [0.5, 0.6) is 0 Å². The number of hydrogen-bond acceptors (Lipinski definition) is 4. The van der Waals surface area contributed by atoms with Gasteiger partial charge in [-0.1, -0.05) is 60.2 Å². The number of benzene rings is 2. The Balaban J connectivity index is 1.71. The van der Waals surface area contributed by atoms with E-state index in [9.17, 15) is 0 Å². The SMILES string of the molecule is Cc1ccc(-c2nc(NN=C3CCCCC3)sc2-c2ccccc2)cc1C. The Morgan fingerprint density at radius 1 is 0.889 bits per heavy atom. The summed E-state index contributed by atoms with van der Waals surface area (Å²) in [5.74, 6) is 0. The second kappa shape index (κ2) is 8.05. The van der Waals surface area contributed by atoms with Crippen molar-refractivity contribution in [2.75, 3.05) is 5.43 Å². The van der Waals surface area contributed by atoms with E-state index in [0.29, 0.717) is 0 Å². The number of thiazole rings is 1. The Kier molecular flexibility index (Phi) is 5.35. The lowest BCUT2D eigenvalue weighted by molar-refractivity contribution is 0.665. The van der Waals surface area contributed by atoms with Crippen molar-refractivity contribution in [3.63, 3.8) is 0 Å². The third-order valence-electron chi connectivity index (χ3n) is 5.18. The zero-order valence-electron chi connectivity index (χ0n) is 16.0. The van der Waals surface area contributed by atoms with Crippen LogP contribution in [0, 0.1) is 13.8 Å². The number of anilines is 1. The topological polar surface area (TPSA) is 37.3 Å². The molecule has 0 bridgehead atoms. The highest BCUT2D eigenvalue weighted by atomic mass is 32.1. The van der Waals surface area contributed by atoms with Gasteiger partial charge in [0.25, 0.3) is 0 Å². The monoisotopic (exact) mass is 375 g/mol. The van der Waals surface area contributed by atoms with E-state index in [-0.39, 0.29) is 0 Å². The molecule has 4 rings (SSSR count). The van der Waals surface area contributed by atoms with Crippen LogP contribution in [0.25, 0.3) is 21.7 Å². The standard InChI is InChI=1S/C23H25N3S/c1-16-13-14-19(15-17(16)2)21-22(18-9-5-3-6-10-18)27-23(24-21)26-25-20-11-7-4-8-12-20/h3,5-6,9-10,13-15H,4,7-8,11-12H2,1-2H3,(H,24,26). The van der Waals surface area contributed by atoms with Crippen molar-refractivity contribution in [3.8, 4) is 21.7 Å². The van der Waals surface area contributed by atoms with Gasteiger partial charge >= 0.3 is 0 Å². The molecule has 0 spiro atoms. The Morgan fingerprint density at radius 3 is 2.41 bits per heavy atom. The summed E-state index contributed by atoms with van der Waals surface area (Å²) in [6, 6.07) is 17.1. The zero-order chi connectivity index (χ0) is 18.6. The number of aryl methyl sites for hydroxylation is 2. The molecule has 4 heteroatoms.